The van der Waals surface area contributed by atoms with E-state index in [1.165, 1.54) is 11.1 Å². The molecule has 1 amide bonds. The van der Waals surface area contributed by atoms with Crippen LogP contribution in [0.4, 0.5) is 0 Å². The van der Waals surface area contributed by atoms with Crippen LogP contribution in [0.15, 0.2) is 24.3 Å². The predicted molar refractivity (Wildman–Crippen MR) is 55.7 cm³/mol. The molecule has 0 radical (unpaired) electrons. The minimum atomic E-state index is -0.178. The number of carbonyl (C=O) groups excluding carboxylic acids is 1. The molecule has 2 nitrogen and oxygen atoms in total. The number of amides is 1. The SMILES string of the molecule is CC(C(N)=O)C1Cc2ccccc2C1. The Balaban J connectivity index is 2.15. The van der Waals surface area contributed by atoms with Gasteiger partial charge in [-0.05, 0) is 29.9 Å². The number of nitrogens with two attached hydrogens (primary N) is 1. The highest BCUT2D eigenvalue weighted by Gasteiger charge is 2.28. The molecule has 0 saturated heterocycles. The number of primary amides is 1. The molecular weight excluding hydrogens is 174 g/mol. The summed E-state index contributed by atoms with van der Waals surface area (Å²) < 4.78 is 0. The molecule has 14 heavy (non-hydrogen) atoms. The van der Waals surface area contributed by atoms with Crippen molar-refractivity contribution in [1.29, 1.82) is 0 Å². The Labute approximate surface area is 84.1 Å². The summed E-state index contributed by atoms with van der Waals surface area (Å²) in [4.78, 5) is 11.1. The van der Waals surface area contributed by atoms with Crippen molar-refractivity contribution in [3.8, 4) is 0 Å². The van der Waals surface area contributed by atoms with E-state index in [1.807, 2.05) is 6.92 Å². The van der Waals surface area contributed by atoms with Crippen molar-refractivity contribution in [1.82, 2.24) is 0 Å². The second kappa shape index (κ2) is 3.45. The van der Waals surface area contributed by atoms with Crippen molar-refractivity contribution < 1.29 is 4.79 Å². The van der Waals surface area contributed by atoms with E-state index < -0.39 is 0 Å². The van der Waals surface area contributed by atoms with Crippen molar-refractivity contribution in [3.05, 3.63) is 35.4 Å². The highest BCUT2D eigenvalue weighted by atomic mass is 16.1. The van der Waals surface area contributed by atoms with Crippen LogP contribution in [0.1, 0.15) is 18.1 Å². The fourth-order valence-corrected chi connectivity index (χ4v) is 2.18. The van der Waals surface area contributed by atoms with Crippen molar-refractivity contribution >= 4 is 5.91 Å². The third kappa shape index (κ3) is 1.52. The van der Waals surface area contributed by atoms with E-state index >= 15 is 0 Å². The van der Waals surface area contributed by atoms with Crippen LogP contribution in [-0.2, 0) is 17.6 Å². The van der Waals surface area contributed by atoms with Crippen LogP contribution in [0.25, 0.3) is 0 Å². The third-order valence-corrected chi connectivity index (χ3v) is 3.24. The average molecular weight is 189 g/mol. The summed E-state index contributed by atoms with van der Waals surface area (Å²) >= 11 is 0. The van der Waals surface area contributed by atoms with E-state index in [0.717, 1.165) is 12.8 Å². The summed E-state index contributed by atoms with van der Waals surface area (Å²) in [5, 5.41) is 0. The van der Waals surface area contributed by atoms with Gasteiger partial charge in [0.1, 0.15) is 0 Å². The van der Waals surface area contributed by atoms with Crippen molar-refractivity contribution in [2.24, 2.45) is 17.6 Å². The number of fused-ring (bicyclic) bond motifs is 1. The molecule has 1 aromatic carbocycles. The van der Waals surface area contributed by atoms with Crippen molar-refractivity contribution in [2.45, 2.75) is 19.8 Å². The Morgan fingerprint density at radius 3 is 2.29 bits per heavy atom. The van der Waals surface area contributed by atoms with Crippen LogP contribution in [-0.4, -0.2) is 5.91 Å². The zero-order valence-corrected chi connectivity index (χ0v) is 8.36. The molecule has 2 heteroatoms. The summed E-state index contributed by atoms with van der Waals surface area (Å²) in [7, 11) is 0. The molecule has 0 saturated carbocycles. The molecule has 0 aromatic heterocycles. The number of carbonyl (C=O) groups is 1. The lowest BCUT2D eigenvalue weighted by Gasteiger charge is -2.14. The lowest BCUT2D eigenvalue weighted by molar-refractivity contribution is -0.122. The normalized spacial score (nSPS) is 17.8. The molecule has 2 rings (SSSR count). The van der Waals surface area contributed by atoms with Gasteiger partial charge >= 0.3 is 0 Å². The van der Waals surface area contributed by atoms with Crippen LogP contribution in [0.5, 0.6) is 0 Å². The number of benzene rings is 1. The number of hydrogen-bond acceptors (Lipinski definition) is 1. The Bertz CT molecular complexity index is 334. The van der Waals surface area contributed by atoms with E-state index in [0.29, 0.717) is 5.92 Å². The maximum Gasteiger partial charge on any atom is 0.220 e. The van der Waals surface area contributed by atoms with Gasteiger partial charge in [-0.15, -0.1) is 0 Å². The maximum atomic E-state index is 11.1. The summed E-state index contributed by atoms with van der Waals surface area (Å²) in [5.41, 5.74) is 8.07. The van der Waals surface area contributed by atoms with Gasteiger partial charge in [0.25, 0.3) is 0 Å². The minimum Gasteiger partial charge on any atom is -0.369 e. The quantitative estimate of drug-likeness (QED) is 0.753. The summed E-state index contributed by atoms with van der Waals surface area (Å²) in [6.45, 7) is 1.93. The zero-order valence-electron chi connectivity index (χ0n) is 8.36. The van der Waals surface area contributed by atoms with E-state index in [9.17, 15) is 4.79 Å². The first-order chi connectivity index (χ1) is 6.68. The predicted octanol–water partition coefficient (Wildman–Crippen LogP) is 1.52. The molecule has 74 valence electrons. The van der Waals surface area contributed by atoms with Gasteiger partial charge in [0.15, 0.2) is 0 Å². The average Bonchev–Trinajstić information content (AvgIpc) is 2.59. The van der Waals surface area contributed by atoms with E-state index in [4.69, 9.17) is 5.73 Å². The largest absolute Gasteiger partial charge is 0.369 e. The molecule has 1 aliphatic rings. The van der Waals surface area contributed by atoms with Gasteiger partial charge < -0.3 is 5.73 Å². The topological polar surface area (TPSA) is 43.1 Å². The van der Waals surface area contributed by atoms with Crippen molar-refractivity contribution in [3.63, 3.8) is 0 Å². The molecule has 0 spiro atoms. The fraction of sp³-hybridized carbons (Fsp3) is 0.417. The summed E-state index contributed by atoms with van der Waals surface area (Å²) in [6.07, 6.45) is 2.00. The smallest absolute Gasteiger partial charge is 0.220 e. The van der Waals surface area contributed by atoms with E-state index in [2.05, 4.69) is 24.3 Å². The fourth-order valence-electron chi connectivity index (χ4n) is 2.18. The molecule has 1 atom stereocenters. The lowest BCUT2D eigenvalue weighted by Crippen LogP contribution is -2.27. The lowest BCUT2D eigenvalue weighted by atomic mass is 9.91. The molecule has 0 aliphatic heterocycles. The molecule has 0 fully saturated rings. The van der Waals surface area contributed by atoms with E-state index in [1.54, 1.807) is 0 Å². The Morgan fingerprint density at radius 1 is 1.36 bits per heavy atom. The second-order valence-corrected chi connectivity index (χ2v) is 4.13. The van der Waals surface area contributed by atoms with Crippen LogP contribution in [0.3, 0.4) is 0 Å². The highest BCUT2D eigenvalue weighted by molar-refractivity contribution is 5.76. The Hall–Kier alpha value is -1.31. The van der Waals surface area contributed by atoms with Crippen molar-refractivity contribution in [2.75, 3.05) is 0 Å². The van der Waals surface area contributed by atoms with Gasteiger partial charge in [-0.1, -0.05) is 31.2 Å². The van der Waals surface area contributed by atoms with Gasteiger partial charge in [-0.25, -0.2) is 0 Å². The number of rotatable bonds is 2. The first kappa shape index (κ1) is 9.25. The van der Waals surface area contributed by atoms with Crippen LogP contribution in [0.2, 0.25) is 0 Å². The molecule has 1 aromatic rings. The number of hydrogen-bond donors (Lipinski definition) is 1. The zero-order chi connectivity index (χ0) is 10.1. The maximum absolute atomic E-state index is 11.1. The van der Waals surface area contributed by atoms with Crippen LogP contribution in [0, 0.1) is 11.8 Å². The molecule has 1 unspecified atom stereocenters. The van der Waals surface area contributed by atoms with E-state index in [-0.39, 0.29) is 11.8 Å². The van der Waals surface area contributed by atoms with Gasteiger partial charge in [-0.2, -0.15) is 0 Å². The minimum absolute atomic E-state index is 0.0117. The molecule has 0 heterocycles. The third-order valence-electron chi connectivity index (χ3n) is 3.24. The van der Waals surface area contributed by atoms with Gasteiger partial charge in [0, 0.05) is 5.92 Å². The van der Waals surface area contributed by atoms with Gasteiger partial charge in [-0.3, -0.25) is 4.79 Å². The second-order valence-electron chi connectivity index (χ2n) is 4.13. The highest BCUT2D eigenvalue weighted by Crippen LogP contribution is 2.31. The standard InChI is InChI=1S/C12H15NO/c1-8(12(13)14)11-6-9-4-2-3-5-10(9)7-11/h2-5,8,11H,6-7H2,1H3,(H2,13,14). The monoisotopic (exact) mass is 189 g/mol. The Morgan fingerprint density at radius 2 is 1.86 bits per heavy atom. The summed E-state index contributed by atoms with van der Waals surface area (Å²) in [6, 6.07) is 8.39. The molecule has 0 bridgehead atoms. The van der Waals surface area contributed by atoms with Crippen LogP contribution >= 0.6 is 0 Å². The first-order valence-corrected chi connectivity index (χ1v) is 5.04. The van der Waals surface area contributed by atoms with Crippen LogP contribution < -0.4 is 5.73 Å². The first-order valence-electron chi connectivity index (χ1n) is 5.04. The molecule has 2 N–H and O–H groups in total. The summed E-state index contributed by atoms with van der Waals surface area (Å²) in [5.74, 6) is 0.218. The Kier molecular flexibility index (Phi) is 2.28. The molecular formula is C12H15NO. The van der Waals surface area contributed by atoms with Gasteiger partial charge in [0.05, 0.1) is 0 Å². The molecule has 1 aliphatic carbocycles. The van der Waals surface area contributed by atoms with Gasteiger partial charge in [0.2, 0.25) is 5.91 Å².